The molecule has 16 heteroatoms. The molecule has 0 saturated carbocycles. The summed E-state index contributed by atoms with van der Waals surface area (Å²) in [4.78, 5) is 22.5. The Labute approximate surface area is 311 Å². The van der Waals surface area contributed by atoms with Crippen molar-refractivity contribution in [1.29, 1.82) is 0 Å². The van der Waals surface area contributed by atoms with Crippen LogP contribution in [-0.4, -0.2) is 0 Å². The maximum Gasteiger partial charge on any atom is 0.110 e. The molecule has 278 valence electrons. The number of hydroxylamine groups is 8. The zero-order valence-electron chi connectivity index (χ0n) is 29.0. The van der Waals surface area contributed by atoms with Gasteiger partial charge in [-0.15, -0.1) is 0 Å². The van der Waals surface area contributed by atoms with E-state index in [9.17, 15) is 0 Å². The first kappa shape index (κ1) is 35.2. The van der Waals surface area contributed by atoms with Crippen LogP contribution in [0.3, 0.4) is 0 Å². The summed E-state index contributed by atoms with van der Waals surface area (Å²) in [5.41, 5.74) is 32.4. The van der Waals surface area contributed by atoms with E-state index in [-0.39, 0.29) is 49.3 Å². The zero-order chi connectivity index (χ0) is 36.1. The number of hydrogen-bond acceptors (Lipinski definition) is 16. The minimum absolute atomic E-state index is 0.177. The minimum atomic E-state index is -0.317. The van der Waals surface area contributed by atoms with Crippen LogP contribution in [0.2, 0.25) is 0 Å². The molecule has 0 bridgehead atoms. The largest absolute Gasteiger partial charge is 0.275 e. The van der Waals surface area contributed by atoms with Crippen LogP contribution in [0.15, 0.2) is 133 Å². The Kier molecular flexibility index (Phi) is 10.7. The molecule has 4 heterocycles. The Morgan fingerprint density at radius 2 is 0.444 bits per heavy atom. The van der Waals surface area contributed by atoms with Gasteiger partial charge >= 0.3 is 0 Å². The minimum Gasteiger partial charge on any atom is -0.275 e. The van der Waals surface area contributed by atoms with E-state index in [4.69, 9.17) is 19.8 Å². The van der Waals surface area contributed by atoms with Gasteiger partial charge in [0, 0.05) is 0 Å². The van der Waals surface area contributed by atoms with E-state index < -0.39 is 0 Å². The Morgan fingerprint density at radius 1 is 0.241 bits per heavy atom. The van der Waals surface area contributed by atoms with Crippen molar-refractivity contribution in [1.82, 2.24) is 65.1 Å². The maximum absolute atomic E-state index is 5.70. The number of benzene rings is 5. The van der Waals surface area contributed by atoms with Gasteiger partial charge < -0.3 is 0 Å². The number of nitrogens with one attached hydrogen (secondary N) is 12. The molecule has 0 amide bonds. The van der Waals surface area contributed by atoms with E-state index in [1.807, 2.05) is 103 Å². The fraction of sp³-hybridized carbons (Fsp3) is 0.211. The second-order valence-corrected chi connectivity index (χ2v) is 13.3. The third-order valence-corrected chi connectivity index (χ3v) is 9.75. The van der Waals surface area contributed by atoms with Gasteiger partial charge in [-0.3, -0.25) is 21.3 Å². The van der Waals surface area contributed by atoms with Gasteiger partial charge in [0.2, 0.25) is 0 Å². The van der Waals surface area contributed by atoms with Crippen molar-refractivity contribution in [3.63, 3.8) is 0 Å². The standard InChI is InChI=1S/C38H42N12O4/c1-3-10-23(11-4-1)31-39-33(45-51-43-31)25-14-7-16-27(20-25)35-41-37(49-53-47-35)29-18-9-19-30(22-29)38-42-36(48-54-50-38)28-17-8-15-26(21-28)34-40-32(44-52-46-34)24-12-5-2-6-13-24/h1-22,31-50H. The van der Waals surface area contributed by atoms with E-state index >= 15 is 0 Å². The normalized spacial score (nSPS) is 29.0. The summed E-state index contributed by atoms with van der Waals surface area (Å²) in [7, 11) is 0. The van der Waals surface area contributed by atoms with Crippen molar-refractivity contribution in [2.24, 2.45) is 0 Å². The van der Waals surface area contributed by atoms with Crippen LogP contribution in [0, 0.1) is 0 Å². The van der Waals surface area contributed by atoms with Gasteiger partial charge in [-0.2, -0.15) is 43.8 Å². The first-order chi connectivity index (χ1) is 26.7. The summed E-state index contributed by atoms with van der Waals surface area (Å²) in [6, 6.07) is 44.9. The molecule has 4 saturated heterocycles. The topological polar surface area (TPSA) is 181 Å². The third-order valence-electron chi connectivity index (χ3n) is 9.75. The average Bonchev–Trinajstić information content (AvgIpc) is 3.27. The van der Waals surface area contributed by atoms with Crippen LogP contribution >= 0.6 is 0 Å². The van der Waals surface area contributed by atoms with Crippen molar-refractivity contribution in [2.75, 3.05) is 0 Å². The van der Waals surface area contributed by atoms with E-state index in [2.05, 4.69) is 95.4 Å². The molecule has 5 aromatic carbocycles. The fourth-order valence-electron chi connectivity index (χ4n) is 6.91. The lowest BCUT2D eigenvalue weighted by Gasteiger charge is -2.35. The summed E-state index contributed by atoms with van der Waals surface area (Å²) in [6.45, 7) is 0. The zero-order valence-corrected chi connectivity index (χ0v) is 29.0. The first-order valence-electron chi connectivity index (χ1n) is 17.8. The molecule has 0 aromatic heterocycles. The lowest BCUT2D eigenvalue weighted by molar-refractivity contribution is -0.130. The highest BCUT2D eigenvalue weighted by Crippen LogP contribution is 2.28. The van der Waals surface area contributed by atoms with Crippen molar-refractivity contribution in [2.45, 2.75) is 49.3 Å². The van der Waals surface area contributed by atoms with Crippen LogP contribution in [0.25, 0.3) is 0 Å². The molecule has 0 radical (unpaired) electrons. The lowest BCUT2D eigenvalue weighted by Crippen LogP contribution is -2.52. The molecule has 0 aliphatic carbocycles. The monoisotopic (exact) mass is 730 g/mol. The first-order valence-corrected chi connectivity index (χ1v) is 17.8. The Balaban J connectivity index is 0.854. The predicted octanol–water partition coefficient (Wildman–Crippen LogP) is 2.99. The van der Waals surface area contributed by atoms with Crippen molar-refractivity contribution in [3.05, 3.63) is 178 Å². The van der Waals surface area contributed by atoms with Gasteiger partial charge in [-0.25, -0.2) is 19.8 Å². The molecule has 4 fully saturated rings. The third kappa shape index (κ3) is 7.96. The van der Waals surface area contributed by atoms with Gasteiger partial charge in [0.25, 0.3) is 0 Å². The molecular formula is C38H42N12O4. The van der Waals surface area contributed by atoms with E-state index in [0.717, 1.165) is 44.5 Å². The van der Waals surface area contributed by atoms with Gasteiger partial charge in [0.05, 0.1) is 0 Å². The van der Waals surface area contributed by atoms with E-state index in [0.29, 0.717) is 0 Å². The molecule has 4 aliphatic heterocycles. The van der Waals surface area contributed by atoms with Crippen molar-refractivity contribution < 1.29 is 19.8 Å². The summed E-state index contributed by atoms with van der Waals surface area (Å²) in [5, 5.41) is 14.4. The second-order valence-electron chi connectivity index (χ2n) is 13.3. The lowest BCUT2D eigenvalue weighted by atomic mass is 10.0. The molecule has 8 unspecified atom stereocenters. The summed E-state index contributed by atoms with van der Waals surface area (Å²) < 4.78 is 0. The van der Waals surface area contributed by atoms with Gasteiger partial charge in [-0.05, 0) is 62.7 Å². The Hall–Kier alpha value is -4.54. The quantitative estimate of drug-likeness (QED) is 0.112. The van der Waals surface area contributed by atoms with Crippen molar-refractivity contribution in [3.8, 4) is 0 Å². The van der Waals surface area contributed by atoms with Crippen LogP contribution in [-0.2, 0) is 19.8 Å². The maximum atomic E-state index is 5.70. The molecule has 54 heavy (non-hydrogen) atoms. The molecule has 5 aromatic rings. The van der Waals surface area contributed by atoms with Crippen LogP contribution in [0.4, 0.5) is 0 Å². The summed E-state index contributed by atoms with van der Waals surface area (Å²) in [6.07, 6.45) is -2.09. The van der Waals surface area contributed by atoms with Crippen LogP contribution < -0.4 is 65.1 Å². The van der Waals surface area contributed by atoms with Crippen LogP contribution in [0.1, 0.15) is 93.8 Å². The second kappa shape index (κ2) is 16.4. The molecule has 16 nitrogen and oxygen atoms in total. The molecule has 12 N–H and O–H groups in total. The van der Waals surface area contributed by atoms with Gasteiger partial charge in [0.15, 0.2) is 0 Å². The highest BCUT2D eigenvalue weighted by Gasteiger charge is 2.30. The Morgan fingerprint density at radius 3 is 0.685 bits per heavy atom. The van der Waals surface area contributed by atoms with Crippen molar-refractivity contribution >= 4 is 0 Å². The highest BCUT2D eigenvalue weighted by atomic mass is 16.8. The predicted molar refractivity (Wildman–Crippen MR) is 196 cm³/mol. The molecule has 0 spiro atoms. The fourth-order valence-corrected chi connectivity index (χ4v) is 6.91. The average molecular weight is 731 g/mol. The van der Waals surface area contributed by atoms with E-state index in [1.165, 1.54) is 0 Å². The number of hydrogen-bond donors (Lipinski definition) is 12. The van der Waals surface area contributed by atoms with Crippen LogP contribution in [0.5, 0.6) is 0 Å². The smallest absolute Gasteiger partial charge is 0.110 e. The molecule has 4 aliphatic rings. The molecule has 8 atom stereocenters. The summed E-state index contributed by atoms with van der Waals surface area (Å²) in [5.74, 6) is 0. The van der Waals surface area contributed by atoms with E-state index in [1.54, 1.807) is 0 Å². The summed E-state index contributed by atoms with van der Waals surface area (Å²) >= 11 is 0. The van der Waals surface area contributed by atoms with Gasteiger partial charge in [-0.1, -0.05) is 115 Å². The SMILES string of the molecule is c1ccc(C2NONC(c3cccc(C4NONC(c5cccc(C6NONC(c7cccc(C8NONC(c9ccccc9)N8)c7)N6)c5)N4)c3)N2)cc1. The molecular weight excluding hydrogens is 688 g/mol. The molecule has 9 rings (SSSR count). The highest BCUT2D eigenvalue weighted by molar-refractivity contribution is 5.33. The van der Waals surface area contributed by atoms with Gasteiger partial charge in [0.1, 0.15) is 49.3 Å². The number of rotatable bonds is 8. The Bertz CT molecular complexity index is 1860.